The molecule has 0 aromatic carbocycles. The molecule has 0 fully saturated rings. The molecular weight excluding hydrogens is 770 g/mol. The van der Waals surface area contributed by atoms with Crippen LogP contribution < -0.4 is 60.6 Å². The number of carboxylic acids is 2. The summed E-state index contributed by atoms with van der Waals surface area (Å²) in [6, 6.07) is -10.5. The van der Waals surface area contributed by atoms with E-state index in [0.717, 1.165) is 0 Å². The van der Waals surface area contributed by atoms with Crippen LogP contribution in [0.2, 0.25) is 0 Å². The van der Waals surface area contributed by atoms with Crippen molar-refractivity contribution in [2.45, 2.75) is 109 Å². The third-order valence-corrected chi connectivity index (χ3v) is 8.09. The minimum Gasteiger partial charge on any atom is -0.481 e. The van der Waals surface area contributed by atoms with Crippen molar-refractivity contribution in [1.82, 2.24) is 31.9 Å². The Morgan fingerprint density at radius 1 is 0.552 bits per heavy atom. The molecule has 330 valence electrons. The monoisotopic (exact) mass is 831 g/mol. The lowest BCUT2D eigenvalue weighted by molar-refractivity contribution is -0.143. The van der Waals surface area contributed by atoms with Crippen molar-refractivity contribution >= 4 is 59.3 Å². The van der Waals surface area contributed by atoms with Gasteiger partial charge < -0.3 is 81.0 Å². The summed E-state index contributed by atoms with van der Waals surface area (Å²) in [5.74, 6) is -10.3. The average molecular weight is 832 g/mol. The van der Waals surface area contributed by atoms with Gasteiger partial charge in [0.1, 0.15) is 36.3 Å². The van der Waals surface area contributed by atoms with E-state index in [-0.39, 0.29) is 56.6 Å². The van der Waals surface area contributed by atoms with Gasteiger partial charge in [0.2, 0.25) is 35.4 Å². The molecule has 25 nitrogen and oxygen atoms in total. The summed E-state index contributed by atoms with van der Waals surface area (Å²) in [7, 11) is 0. The van der Waals surface area contributed by atoms with E-state index in [1.165, 1.54) is 13.8 Å². The number of guanidine groups is 2. The second-order valence-electron chi connectivity index (χ2n) is 14.0. The van der Waals surface area contributed by atoms with Gasteiger partial charge in [-0.2, -0.15) is 0 Å². The van der Waals surface area contributed by atoms with Crippen LogP contribution in [0.25, 0.3) is 0 Å². The molecule has 0 aromatic rings. The lowest BCUT2D eigenvalue weighted by Crippen LogP contribution is -2.61. The molecular formula is C33H61N13O12. The molecule has 0 heterocycles. The summed E-state index contributed by atoms with van der Waals surface area (Å²) in [5, 5.41) is 52.5. The molecule has 0 aliphatic carbocycles. The van der Waals surface area contributed by atoms with Gasteiger partial charge in [0.05, 0.1) is 25.7 Å². The first-order valence-corrected chi connectivity index (χ1v) is 18.4. The highest BCUT2D eigenvalue weighted by molar-refractivity contribution is 5.98. The Bertz CT molecular complexity index is 1470. The zero-order valence-corrected chi connectivity index (χ0v) is 33.1. The van der Waals surface area contributed by atoms with E-state index >= 15 is 0 Å². The molecule has 0 radical (unpaired) electrons. The summed E-state index contributed by atoms with van der Waals surface area (Å²) in [5.41, 5.74) is 26.8. The Labute approximate surface area is 335 Å². The Hall–Kier alpha value is -5.82. The lowest BCUT2D eigenvalue weighted by atomic mass is 9.99. The molecule has 0 saturated carbocycles. The van der Waals surface area contributed by atoms with Crippen LogP contribution in [0.4, 0.5) is 0 Å². The summed E-state index contributed by atoms with van der Waals surface area (Å²) in [6.07, 6.45) is -0.513. The van der Waals surface area contributed by atoms with Crippen LogP contribution in [-0.2, 0) is 38.4 Å². The number of hydrogen-bond acceptors (Lipinski definition) is 13. The molecule has 0 aliphatic heterocycles. The fourth-order valence-electron chi connectivity index (χ4n) is 5.03. The third-order valence-electron chi connectivity index (χ3n) is 8.09. The molecule has 58 heavy (non-hydrogen) atoms. The smallest absolute Gasteiger partial charge is 0.326 e. The number of rotatable bonds is 28. The van der Waals surface area contributed by atoms with E-state index in [0.29, 0.717) is 6.42 Å². The number of aliphatic hydroxyl groups excluding tert-OH is 2. The number of hydrogen-bond donors (Lipinski definition) is 15. The van der Waals surface area contributed by atoms with Crippen molar-refractivity contribution < 1.29 is 58.8 Å². The molecule has 6 amide bonds. The Morgan fingerprint density at radius 3 is 1.40 bits per heavy atom. The van der Waals surface area contributed by atoms with Crippen molar-refractivity contribution in [3.63, 3.8) is 0 Å². The summed E-state index contributed by atoms with van der Waals surface area (Å²) in [6.45, 7) is 4.81. The zero-order valence-electron chi connectivity index (χ0n) is 33.1. The van der Waals surface area contributed by atoms with E-state index in [9.17, 15) is 58.8 Å². The number of aliphatic hydroxyl groups is 2. The van der Waals surface area contributed by atoms with Gasteiger partial charge in [-0.1, -0.05) is 27.7 Å². The lowest BCUT2D eigenvalue weighted by Gasteiger charge is -2.28. The molecule has 20 N–H and O–H groups in total. The number of carboxylic acid groups (broad SMARTS) is 2. The van der Waals surface area contributed by atoms with Crippen LogP contribution in [-0.4, -0.2) is 148 Å². The van der Waals surface area contributed by atoms with Crippen molar-refractivity contribution in [2.75, 3.05) is 26.3 Å². The predicted octanol–water partition coefficient (Wildman–Crippen LogP) is -6.42. The first-order chi connectivity index (χ1) is 27.0. The van der Waals surface area contributed by atoms with Crippen LogP contribution in [0, 0.1) is 11.8 Å². The number of nitrogens with one attached hydrogen (secondary N) is 6. The third kappa shape index (κ3) is 20.9. The fourth-order valence-corrected chi connectivity index (χ4v) is 5.03. The van der Waals surface area contributed by atoms with Crippen molar-refractivity contribution in [3.05, 3.63) is 0 Å². The van der Waals surface area contributed by atoms with Crippen LogP contribution in [0.15, 0.2) is 9.98 Å². The minimum atomic E-state index is -1.82. The first-order valence-electron chi connectivity index (χ1n) is 18.4. The van der Waals surface area contributed by atoms with Crippen molar-refractivity contribution in [1.29, 1.82) is 0 Å². The minimum absolute atomic E-state index is 0.00939. The summed E-state index contributed by atoms with van der Waals surface area (Å²) < 4.78 is 0. The predicted molar refractivity (Wildman–Crippen MR) is 208 cm³/mol. The number of nitrogens with zero attached hydrogens (tertiary/aromatic N) is 2. The quantitative estimate of drug-likeness (QED) is 0.0198. The van der Waals surface area contributed by atoms with E-state index in [1.807, 2.05) is 0 Å². The Balaban J connectivity index is 5.91. The molecule has 0 unspecified atom stereocenters. The van der Waals surface area contributed by atoms with Crippen molar-refractivity contribution in [2.24, 2.45) is 50.5 Å². The molecule has 0 aliphatic rings. The fraction of sp³-hybridized carbons (Fsp3) is 0.697. The molecule has 0 rings (SSSR count). The topological polar surface area (TPSA) is 444 Å². The van der Waals surface area contributed by atoms with Gasteiger partial charge in [0, 0.05) is 13.1 Å². The second-order valence-corrected chi connectivity index (χ2v) is 14.0. The van der Waals surface area contributed by atoms with Crippen LogP contribution in [0.1, 0.15) is 66.2 Å². The first kappa shape index (κ1) is 52.2. The molecule has 0 aromatic heterocycles. The Kier molecular flexibility index (Phi) is 24.2. The van der Waals surface area contributed by atoms with E-state index in [1.54, 1.807) is 13.8 Å². The number of amides is 6. The van der Waals surface area contributed by atoms with E-state index in [2.05, 4.69) is 41.9 Å². The number of aliphatic carboxylic acids is 2. The molecule has 0 spiro atoms. The van der Waals surface area contributed by atoms with Crippen LogP contribution in [0.5, 0.6) is 0 Å². The number of nitrogens with two attached hydrogens (primary N) is 5. The summed E-state index contributed by atoms with van der Waals surface area (Å²) >= 11 is 0. The van der Waals surface area contributed by atoms with Gasteiger partial charge in [0.15, 0.2) is 11.9 Å². The molecule has 0 bridgehead atoms. The van der Waals surface area contributed by atoms with Gasteiger partial charge in [-0.15, -0.1) is 0 Å². The maximum absolute atomic E-state index is 13.6. The van der Waals surface area contributed by atoms with E-state index in [4.69, 9.17) is 28.7 Å². The Morgan fingerprint density at radius 2 is 0.966 bits per heavy atom. The van der Waals surface area contributed by atoms with Crippen LogP contribution in [0.3, 0.4) is 0 Å². The van der Waals surface area contributed by atoms with Gasteiger partial charge in [-0.3, -0.25) is 43.5 Å². The van der Waals surface area contributed by atoms with Crippen molar-refractivity contribution in [3.8, 4) is 0 Å². The summed E-state index contributed by atoms with van der Waals surface area (Å²) in [4.78, 5) is 110. The highest BCUT2D eigenvalue weighted by atomic mass is 16.4. The molecule has 7 atom stereocenters. The second kappa shape index (κ2) is 26.9. The van der Waals surface area contributed by atoms with Gasteiger partial charge >= 0.3 is 11.9 Å². The van der Waals surface area contributed by atoms with Gasteiger partial charge in [0.25, 0.3) is 0 Å². The normalized spacial score (nSPS) is 14.6. The highest BCUT2D eigenvalue weighted by Crippen LogP contribution is 2.10. The van der Waals surface area contributed by atoms with Gasteiger partial charge in [-0.25, -0.2) is 4.79 Å². The average Bonchev–Trinajstić information content (AvgIpc) is 3.12. The number of aliphatic imine (C=N–C) groups is 2. The number of carbonyl (C=O) groups excluding carboxylic acids is 6. The maximum Gasteiger partial charge on any atom is 0.326 e. The zero-order chi connectivity index (χ0) is 44.7. The highest BCUT2D eigenvalue weighted by Gasteiger charge is 2.35. The molecule has 0 saturated heterocycles. The molecule has 25 heteroatoms. The largest absolute Gasteiger partial charge is 0.481 e. The standard InChI is InChI=1S/C33H61N13O12/c1-15(2)11-19(26(52)45-22(14-48)28(54)41-18(31(57)58)8-6-10-40-33(37)38)43-30(56)24(16(3)4)46-27(53)20(12-23(49)50)42-29(55)21(13-47)44-25(51)17(34)7-5-9-39-32(35)36/h15-22,24,47-48H,5-14,34H2,1-4H3,(H,41,54)(H,42,55)(H,43,56)(H,44,51)(H,45,52)(H,46,53)(H,49,50)(H,57,58)(H4,35,36,39)(H4,37,38,40)/t17-,18-,19-,20-,21-,22-,24-/m0/s1. The van der Waals surface area contributed by atoms with E-state index < -0.39 is 115 Å². The SMILES string of the molecule is CC(C)C[C@H](NC(=O)[C@@H](NC(=O)[C@H](CC(=O)O)NC(=O)[C@H](CO)NC(=O)[C@@H](N)CCCN=C(N)N)C(C)C)C(=O)N[C@@H](CO)C(=O)N[C@@H](CCCN=C(N)N)C(=O)O. The maximum atomic E-state index is 13.6. The van der Waals surface area contributed by atoms with Gasteiger partial charge in [-0.05, 0) is 43.9 Å². The van der Waals surface area contributed by atoms with Crippen LogP contribution >= 0.6 is 0 Å². The number of carbonyl (C=O) groups is 8.